The summed E-state index contributed by atoms with van der Waals surface area (Å²) in [4.78, 5) is 26.6. The second-order valence-corrected chi connectivity index (χ2v) is 10.7. The van der Waals surface area contributed by atoms with Gasteiger partial charge in [0.2, 0.25) is 5.91 Å². The largest absolute Gasteiger partial charge is 0.494 e. The molecule has 0 fully saturated rings. The van der Waals surface area contributed by atoms with Gasteiger partial charge in [0.25, 0.3) is 0 Å². The first-order valence-corrected chi connectivity index (χ1v) is 12.3. The first-order valence-electron chi connectivity index (χ1n) is 11.5. The van der Waals surface area contributed by atoms with E-state index in [0.717, 1.165) is 36.1 Å². The summed E-state index contributed by atoms with van der Waals surface area (Å²) < 4.78 is 11.1. The lowest BCUT2D eigenvalue weighted by Crippen LogP contribution is -2.26. The molecule has 0 radical (unpaired) electrons. The number of anilines is 1. The molecule has 1 aromatic heterocycles. The normalized spacial score (nSPS) is 15.7. The summed E-state index contributed by atoms with van der Waals surface area (Å²) in [5, 5.41) is 3.62. The molecule has 1 amide bonds. The van der Waals surface area contributed by atoms with Gasteiger partial charge in [-0.1, -0.05) is 32.9 Å². The smallest absolute Gasteiger partial charge is 0.341 e. The maximum Gasteiger partial charge on any atom is 0.341 e. The number of hydrogen-bond acceptors (Lipinski definition) is 5. The molecule has 6 heteroatoms. The van der Waals surface area contributed by atoms with Gasteiger partial charge in [-0.3, -0.25) is 4.79 Å². The molecule has 1 aliphatic carbocycles. The molecule has 1 heterocycles. The maximum absolute atomic E-state index is 12.7. The van der Waals surface area contributed by atoms with Crippen molar-refractivity contribution in [2.24, 2.45) is 11.3 Å². The van der Waals surface area contributed by atoms with Gasteiger partial charge in [-0.2, -0.15) is 0 Å². The summed E-state index contributed by atoms with van der Waals surface area (Å²) in [6.07, 6.45) is 3.77. The van der Waals surface area contributed by atoms with E-state index in [2.05, 4.69) is 26.1 Å². The van der Waals surface area contributed by atoms with Gasteiger partial charge >= 0.3 is 5.97 Å². The Labute approximate surface area is 195 Å². The van der Waals surface area contributed by atoms with Crippen LogP contribution in [0.25, 0.3) is 0 Å². The molecule has 0 bridgehead atoms. The number of fused-ring (bicyclic) bond motifs is 1. The van der Waals surface area contributed by atoms with Crippen molar-refractivity contribution in [3.63, 3.8) is 0 Å². The standard InChI is InChI=1S/C26H35NO4S/c1-6-30-25(29)23-20-13-12-18(26(3,4)5)16-21(20)32-24(23)27-22(28)11-8-14-31-19-10-7-9-17(2)15-19/h7,9-10,15,18H,6,8,11-14,16H2,1-5H3,(H,27,28). The minimum absolute atomic E-state index is 0.102. The van der Waals surface area contributed by atoms with Crippen LogP contribution in [0.5, 0.6) is 5.75 Å². The lowest BCUT2D eigenvalue weighted by molar-refractivity contribution is -0.116. The van der Waals surface area contributed by atoms with Crippen molar-refractivity contribution in [1.29, 1.82) is 0 Å². The fraction of sp³-hybridized carbons (Fsp3) is 0.538. The van der Waals surface area contributed by atoms with Crippen LogP contribution in [0.3, 0.4) is 0 Å². The van der Waals surface area contributed by atoms with Gasteiger partial charge in [-0.25, -0.2) is 4.79 Å². The van der Waals surface area contributed by atoms with Crippen LogP contribution in [0, 0.1) is 18.3 Å². The molecular formula is C26H35NO4S. The predicted molar refractivity (Wildman–Crippen MR) is 130 cm³/mol. The number of nitrogens with one attached hydrogen (secondary N) is 1. The average molecular weight is 458 g/mol. The zero-order valence-electron chi connectivity index (χ0n) is 19.9. The number of thiophene rings is 1. The zero-order chi connectivity index (χ0) is 23.3. The van der Waals surface area contributed by atoms with Crippen molar-refractivity contribution in [3.8, 4) is 5.75 Å². The third-order valence-electron chi connectivity index (χ3n) is 6.03. The van der Waals surface area contributed by atoms with Crippen LogP contribution in [0.15, 0.2) is 24.3 Å². The summed E-state index contributed by atoms with van der Waals surface area (Å²) in [7, 11) is 0. The van der Waals surface area contributed by atoms with Crippen LogP contribution in [0.4, 0.5) is 5.00 Å². The van der Waals surface area contributed by atoms with Crippen LogP contribution >= 0.6 is 11.3 Å². The second kappa shape index (κ2) is 10.5. The average Bonchev–Trinajstić information content (AvgIpc) is 3.07. The molecule has 0 saturated carbocycles. The minimum Gasteiger partial charge on any atom is -0.494 e. The molecule has 0 spiro atoms. The van der Waals surface area contributed by atoms with Gasteiger partial charge in [0, 0.05) is 11.3 Å². The number of benzene rings is 1. The minimum atomic E-state index is -0.336. The van der Waals surface area contributed by atoms with E-state index >= 15 is 0 Å². The molecule has 1 aromatic carbocycles. The number of carbonyl (C=O) groups excluding carboxylic acids is 2. The number of amides is 1. The molecule has 2 aromatic rings. The highest BCUT2D eigenvalue weighted by atomic mass is 32.1. The molecule has 1 N–H and O–H groups in total. The summed E-state index contributed by atoms with van der Waals surface area (Å²) >= 11 is 1.54. The number of ether oxygens (including phenoxy) is 2. The third-order valence-corrected chi connectivity index (χ3v) is 7.20. The van der Waals surface area contributed by atoms with Gasteiger partial charge in [-0.05, 0) is 74.1 Å². The molecule has 1 aliphatic rings. The molecule has 1 atom stereocenters. The van der Waals surface area contributed by atoms with Gasteiger partial charge < -0.3 is 14.8 Å². The summed E-state index contributed by atoms with van der Waals surface area (Å²) in [5.41, 5.74) is 2.98. The van der Waals surface area contributed by atoms with E-state index in [0.29, 0.717) is 42.5 Å². The first kappa shape index (κ1) is 24.3. The Bertz CT molecular complexity index is 957. The number of carbonyl (C=O) groups is 2. The van der Waals surface area contributed by atoms with E-state index in [4.69, 9.17) is 9.47 Å². The van der Waals surface area contributed by atoms with Crippen molar-refractivity contribution in [3.05, 3.63) is 45.8 Å². The monoisotopic (exact) mass is 457 g/mol. The molecule has 5 nitrogen and oxygen atoms in total. The topological polar surface area (TPSA) is 64.6 Å². The Balaban J connectivity index is 1.65. The number of rotatable bonds is 8. The van der Waals surface area contributed by atoms with Crippen LogP contribution < -0.4 is 10.1 Å². The molecule has 32 heavy (non-hydrogen) atoms. The van der Waals surface area contributed by atoms with E-state index in [1.807, 2.05) is 31.2 Å². The van der Waals surface area contributed by atoms with E-state index < -0.39 is 0 Å². The predicted octanol–water partition coefficient (Wildman–Crippen LogP) is 6.18. The molecular weight excluding hydrogens is 422 g/mol. The highest BCUT2D eigenvalue weighted by Gasteiger charge is 2.34. The van der Waals surface area contributed by atoms with Crippen molar-refractivity contribution >= 4 is 28.2 Å². The van der Waals surface area contributed by atoms with Crippen LogP contribution in [-0.4, -0.2) is 25.1 Å². The summed E-state index contributed by atoms with van der Waals surface area (Å²) in [6, 6.07) is 7.87. The van der Waals surface area contributed by atoms with E-state index in [-0.39, 0.29) is 17.3 Å². The highest BCUT2D eigenvalue weighted by Crippen LogP contribution is 2.44. The summed E-state index contributed by atoms with van der Waals surface area (Å²) in [6.45, 7) is 11.4. The van der Waals surface area contributed by atoms with Gasteiger partial charge in [0.15, 0.2) is 0 Å². The van der Waals surface area contributed by atoms with E-state index in [9.17, 15) is 9.59 Å². The Morgan fingerprint density at radius 2 is 2.03 bits per heavy atom. The van der Waals surface area contributed by atoms with Crippen LogP contribution in [0.2, 0.25) is 0 Å². The van der Waals surface area contributed by atoms with Crippen molar-refractivity contribution in [2.75, 3.05) is 18.5 Å². The Morgan fingerprint density at radius 1 is 1.25 bits per heavy atom. The van der Waals surface area contributed by atoms with Crippen molar-refractivity contribution in [1.82, 2.24) is 0 Å². The van der Waals surface area contributed by atoms with Gasteiger partial charge in [0.1, 0.15) is 10.8 Å². The molecule has 0 saturated heterocycles. The SMILES string of the molecule is CCOC(=O)c1c(NC(=O)CCCOc2cccc(C)c2)sc2c1CCC(C(C)(C)C)C2. The van der Waals surface area contributed by atoms with Gasteiger partial charge in [-0.15, -0.1) is 11.3 Å². The lowest BCUT2D eigenvalue weighted by Gasteiger charge is -2.33. The first-order chi connectivity index (χ1) is 15.2. The third kappa shape index (κ3) is 6.12. The highest BCUT2D eigenvalue weighted by molar-refractivity contribution is 7.17. The zero-order valence-corrected chi connectivity index (χ0v) is 20.7. The van der Waals surface area contributed by atoms with E-state index in [1.165, 1.54) is 16.2 Å². The van der Waals surface area contributed by atoms with Crippen LogP contribution in [-0.2, 0) is 22.4 Å². The molecule has 174 valence electrons. The van der Waals surface area contributed by atoms with Crippen molar-refractivity contribution in [2.45, 2.75) is 66.7 Å². The fourth-order valence-electron chi connectivity index (χ4n) is 4.15. The molecule has 0 aliphatic heterocycles. The number of esters is 1. The van der Waals surface area contributed by atoms with Gasteiger partial charge in [0.05, 0.1) is 18.8 Å². The second-order valence-electron chi connectivity index (χ2n) is 9.55. The summed E-state index contributed by atoms with van der Waals surface area (Å²) in [5.74, 6) is 0.937. The van der Waals surface area contributed by atoms with Crippen molar-refractivity contribution < 1.29 is 19.1 Å². The quantitative estimate of drug-likeness (QED) is 0.380. The molecule has 1 unspecified atom stereocenters. The Kier molecular flexibility index (Phi) is 7.99. The van der Waals surface area contributed by atoms with E-state index in [1.54, 1.807) is 6.92 Å². The van der Waals surface area contributed by atoms with Crippen LogP contribution in [0.1, 0.15) is 73.3 Å². The lowest BCUT2D eigenvalue weighted by atomic mass is 9.72. The fourth-order valence-corrected chi connectivity index (χ4v) is 5.48. The molecule has 3 rings (SSSR count). The number of aryl methyl sites for hydroxylation is 1. The maximum atomic E-state index is 12.7. The Morgan fingerprint density at radius 3 is 2.72 bits per heavy atom. The Hall–Kier alpha value is -2.34. The number of hydrogen-bond donors (Lipinski definition) is 1.